The number of likely N-dealkylation sites (N-methyl/N-ethyl adjacent to an activating group) is 1. The van der Waals surface area contributed by atoms with E-state index in [9.17, 15) is 18.0 Å². The van der Waals surface area contributed by atoms with Gasteiger partial charge < -0.3 is 10.1 Å². The van der Waals surface area contributed by atoms with Gasteiger partial charge in [0.25, 0.3) is 15.9 Å². The molecule has 0 unspecified atom stereocenters. The molecule has 0 saturated carbocycles. The summed E-state index contributed by atoms with van der Waals surface area (Å²) < 4.78 is 33.8. The minimum atomic E-state index is -4.01. The number of carbonyl (C=O) groups excluding carboxylic acids is 2. The second-order valence-electron chi connectivity index (χ2n) is 6.84. The van der Waals surface area contributed by atoms with E-state index >= 15 is 0 Å². The summed E-state index contributed by atoms with van der Waals surface area (Å²) in [6.07, 6.45) is -0.735. The van der Waals surface area contributed by atoms with E-state index in [1.807, 2.05) is 0 Å². The number of nitrogens with one attached hydrogen (secondary N) is 2. The van der Waals surface area contributed by atoms with Crippen LogP contribution < -0.4 is 14.8 Å². The molecule has 0 saturated heterocycles. The molecule has 3 aromatic carbocycles. The van der Waals surface area contributed by atoms with Crippen molar-refractivity contribution in [3.05, 3.63) is 88.9 Å². The fraction of sp³-hybridized carbons (Fsp3) is 0.130. The topological polar surface area (TPSA) is 102 Å². The molecule has 0 fully saturated rings. The van der Waals surface area contributed by atoms with Crippen molar-refractivity contribution in [3.63, 3.8) is 0 Å². The number of ketones is 1. The maximum Gasteiger partial charge on any atom is 0.261 e. The van der Waals surface area contributed by atoms with E-state index in [1.54, 1.807) is 37.3 Å². The SMILES string of the molecule is CNC(=O)[C@@H](C)Oc1ccc(S(=O)(=O)Nc2ccc(Cl)cc2C(=O)c2ccccc2)cc1. The van der Waals surface area contributed by atoms with E-state index in [1.165, 1.54) is 49.5 Å². The third-order valence-corrected chi connectivity index (χ3v) is 6.19. The number of sulfonamides is 1. The van der Waals surface area contributed by atoms with Crippen molar-refractivity contribution < 1.29 is 22.7 Å². The Hall–Kier alpha value is -3.36. The predicted molar refractivity (Wildman–Crippen MR) is 123 cm³/mol. The first-order valence-corrected chi connectivity index (χ1v) is 11.5. The number of ether oxygens (including phenoxy) is 1. The Balaban J connectivity index is 1.85. The Morgan fingerprint density at radius 2 is 1.62 bits per heavy atom. The van der Waals surface area contributed by atoms with Crippen molar-refractivity contribution in [2.45, 2.75) is 17.9 Å². The molecular formula is C23H21ClN2O5S. The van der Waals surface area contributed by atoms with Crippen LogP contribution >= 0.6 is 11.6 Å². The van der Waals surface area contributed by atoms with E-state index in [2.05, 4.69) is 10.0 Å². The molecule has 0 aliphatic heterocycles. The van der Waals surface area contributed by atoms with Crippen molar-refractivity contribution in [2.24, 2.45) is 0 Å². The molecule has 7 nitrogen and oxygen atoms in total. The molecule has 3 aromatic rings. The van der Waals surface area contributed by atoms with Crippen LogP contribution in [-0.2, 0) is 14.8 Å². The highest BCUT2D eigenvalue weighted by Gasteiger charge is 2.21. The van der Waals surface area contributed by atoms with E-state index < -0.39 is 16.1 Å². The lowest BCUT2D eigenvalue weighted by atomic mass is 10.0. The third kappa shape index (κ3) is 5.46. The highest BCUT2D eigenvalue weighted by Crippen LogP contribution is 2.27. The quantitative estimate of drug-likeness (QED) is 0.484. The summed E-state index contributed by atoms with van der Waals surface area (Å²) in [6, 6.07) is 18.5. The average Bonchev–Trinajstić information content (AvgIpc) is 2.80. The number of carbonyl (C=O) groups is 2. The average molecular weight is 473 g/mol. The van der Waals surface area contributed by atoms with Crippen molar-refractivity contribution in [2.75, 3.05) is 11.8 Å². The van der Waals surface area contributed by atoms with E-state index in [-0.39, 0.29) is 27.8 Å². The second kappa shape index (κ2) is 9.84. The largest absolute Gasteiger partial charge is 0.481 e. The second-order valence-corrected chi connectivity index (χ2v) is 8.96. The molecule has 9 heteroatoms. The summed E-state index contributed by atoms with van der Waals surface area (Å²) >= 11 is 6.06. The van der Waals surface area contributed by atoms with Gasteiger partial charge in [0.05, 0.1) is 10.6 Å². The lowest BCUT2D eigenvalue weighted by Crippen LogP contribution is -2.33. The molecule has 0 aromatic heterocycles. The maximum atomic E-state index is 12.9. The first kappa shape index (κ1) is 23.3. The van der Waals surface area contributed by atoms with Crippen LogP contribution in [0.4, 0.5) is 5.69 Å². The van der Waals surface area contributed by atoms with E-state index in [0.717, 1.165) is 0 Å². The van der Waals surface area contributed by atoms with Crippen LogP contribution in [0.5, 0.6) is 5.75 Å². The Bertz CT molecular complexity index is 1230. The molecule has 166 valence electrons. The molecule has 3 rings (SSSR count). The smallest absolute Gasteiger partial charge is 0.261 e. The Morgan fingerprint density at radius 1 is 0.969 bits per heavy atom. The summed E-state index contributed by atoms with van der Waals surface area (Å²) in [5.74, 6) is -0.328. The van der Waals surface area contributed by atoms with Crippen molar-refractivity contribution in [1.29, 1.82) is 0 Å². The molecule has 0 aliphatic rings. The summed E-state index contributed by atoms with van der Waals surface area (Å²) in [5, 5.41) is 2.78. The molecule has 1 amide bonds. The van der Waals surface area contributed by atoms with Crippen LogP contribution in [0.3, 0.4) is 0 Å². The Morgan fingerprint density at radius 3 is 2.25 bits per heavy atom. The van der Waals surface area contributed by atoms with Crippen LogP contribution in [0.1, 0.15) is 22.8 Å². The first-order valence-electron chi connectivity index (χ1n) is 9.61. The number of hydrogen-bond acceptors (Lipinski definition) is 5. The highest BCUT2D eigenvalue weighted by atomic mass is 35.5. The van der Waals surface area contributed by atoms with Crippen LogP contribution in [-0.4, -0.2) is 33.3 Å². The van der Waals surface area contributed by atoms with Gasteiger partial charge in [0.2, 0.25) is 0 Å². The molecule has 0 heterocycles. The van der Waals surface area contributed by atoms with E-state index in [0.29, 0.717) is 16.3 Å². The minimum Gasteiger partial charge on any atom is -0.481 e. The number of hydrogen-bond donors (Lipinski definition) is 2. The molecule has 1 atom stereocenters. The van der Waals surface area contributed by atoms with Gasteiger partial charge >= 0.3 is 0 Å². The molecule has 0 spiro atoms. The summed E-state index contributed by atoms with van der Waals surface area (Å²) in [6.45, 7) is 1.58. The van der Waals surface area contributed by atoms with Crippen LogP contribution in [0.25, 0.3) is 0 Å². The zero-order valence-corrected chi connectivity index (χ0v) is 18.9. The molecule has 0 radical (unpaired) electrons. The fourth-order valence-corrected chi connectivity index (χ4v) is 4.15. The number of rotatable bonds is 8. The third-order valence-electron chi connectivity index (χ3n) is 4.57. The zero-order chi connectivity index (χ0) is 23.3. The van der Waals surface area contributed by atoms with Crippen molar-refractivity contribution in [1.82, 2.24) is 5.32 Å². The molecule has 32 heavy (non-hydrogen) atoms. The first-order chi connectivity index (χ1) is 15.2. The number of halogens is 1. The van der Waals surface area contributed by atoms with Crippen molar-refractivity contribution in [3.8, 4) is 5.75 Å². The summed E-state index contributed by atoms with van der Waals surface area (Å²) in [5.41, 5.74) is 0.644. The lowest BCUT2D eigenvalue weighted by Gasteiger charge is -2.15. The lowest BCUT2D eigenvalue weighted by molar-refractivity contribution is -0.126. The van der Waals surface area contributed by atoms with Gasteiger partial charge in [-0.15, -0.1) is 0 Å². The minimum absolute atomic E-state index is 0.0366. The van der Waals surface area contributed by atoms with Gasteiger partial charge in [-0.05, 0) is 49.4 Å². The van der Waals surface area contributed by atoms with Crippen molar-refractivity contribution >= 4 is 39.0 Å². The summed E-state index contributed by atoms with van der Waals surface area (Å²) in [4.78, 5) is 24.5. The zero-order valence-electron chi connectivity index (χ0n) is 17.3. The molecule has 0 aliphatic carbocycles. The monoisotopic (exact) mass is 472 g/mol. The van der Waals surface area contributed by atoms with Gasteiger partial charge in [-0.25, -0.2) is 8.42 Å². The number of benzene rings is 3. The van der Waals surface area contributed by atoms with Crippen LogP contribution in [0, 0.1) is 0 Å². The number of amides is 1. The van der Waals surface area contributed by atoms with Gasteiger partial charge in [-0.3, -0.25) is 14.3 Å². The normalized spacial score (nSPS) is 12.0. The summed E-state index contributed by atoms with van der Waals surface area (Å²) in [7, 11) is -2.51. The van der Waals surface area contributed by atoms with Gasteiger partial charge in [0.15, 0.2) is 11.9 Å². The van der Waals surface area contributed by atoms with Crippen LogP contribution in [0.15, 0.2) is 77.7 Å². The van der Waals surface area contributed by atoms with Gasteiger partial charge in [0, 0.05) is 23.2 Å². The highest BCUT2D eigenvalue weighted by molar-refractivity contribution is 7.92. The van der Waals surface area contributed by atoms with Gasteiger partial charge in [0.1, 0.15) is 5.75 Å². The predicted octanol–water partition coefficient (Wildman–Crippen LogP) is 3.89. The van der Waals surface area contributed by atoms with Crippen LogP contribution in [0.2, 0.25) is 5.02 Å². The standard InChI is InChI=1S/C23H21ClN2O5S/c1-15(23(28)25-2)31-18-9-11-19(12-10-18)32(29,30)26-21-13-8-17(24)14-20(21)22(27)16-6-4-3-5-7-16/h3-15,26H,1-2H3,(H,25,28)/t15-/m1/s1. The molecule has 2 N–H and O–H groups in total. The molecule has 0 bridgehead atoms. The fourth-order valence-electron chi connectivity index (χ4n) is 2.90. The Labute approximate surface area is 191 Å². The maximum absolute atomic E-state index is 12.9. The van der Waals surface area contributed by atoms with Gasteiger partial charge in [-0.2, -0.15) is 0 Å². The number of anilines is 1. The molecular weight excluding hydrogens is 452 g/mol. The van der Waals surface area contributed by atoms with Gasteiger partial charge in [-0.1, -0.05) is 41.9 Å². The van der Waals surface area contributed by atoms with E-state index in [4.69, 9.17) is 16.3 Å². The Kier molecular flexibility index (Phi) is 7.17.